The average molecular weight is 435 g/mol. The van der Waals surface area contributed by atoms with Gasteiger partial charge < -0.3 is 14.6 Å². The Morgan fingerprint density at radius 1 is 1.17 bits per heavy atom. The molecule has 0 unspecified atom stereocenters. The van der Waals surface area contributed by atoms with E-state index in [-0.39, 0.29) is 30.4 Å². The van der Waals surface area contributed by atoms with Crippen LogP contribution >= 0.6 is 0 Å². The van der Waals surface area contributed by atoms with Crippen molar-refractivity contribution in [2.75, 3.05) is 20.3 Å². The Morgan fingerprint density at radius 2 is 1.80 bits per heavy atom. The first kappa shape index (κ1) is 22.1. The number of aryl methyl sites for hydroxylation is 1. The molecule has 0 fully saturated rings. The number of hydrogen-bond donors (Lipinski definition) is 1. The third-order valence-corrected chi connectivity index (χ3v) is 4.90. The topological polar surface area (TPSA) is 56.1 Å². The number of aromatic nitrogens is 2. The largest absolute Gasteiger partial charge is 0.416 e. The van der Waals surface area contributed by atoms with E-state index in [2.05, 4.69) is 10.3 Å². The molecule has 0 saturated heterocycles. The molecule has 30 heavy (non-hydrogen) atoms. The molecule has 0 radical (unpaired) electrons. The summed E-state index contributed by atoms with van der Waals surface area (Å²) in [6.07, 6.45) is -7.67. The van der Waals surface area contributed by atoms with Gasteiger partial charge in [0.15, 0.2) is 0 Å². The van der Waals surface area contributed by atoms with Gasteiger partial charge in [-0.3, -0.25) is 4.79 Å². The Hall–Kier alpha value is -2.56. The van der Waals surface area contributed by atoms with Crippen LogP contribution in [0.3, 0.4) is 0 Å². The lowest BCUT2D eigenvalue weighted by Crippen LogP contribution is -2.27. The zero-order chi connectivity index (χ0) is 22.1. The van der Waals surface area contributed by atoms with Crippen LogP contribution in [-0.4, -0.2) is 35.7 Å². The third-order valence-electron chi connectivity index (χ3n) is 4.90. The van der Waals surface area contributed by atoms with Gasteiger partial charge in [-0.25, -0.2) is 4.98 Å². The van der Waals surface area contributed by atoms with Crippen LogP contribution < -0.4 is 5.32 Å². The minimum atomic E-state index is -4.89. The van der Waals surface area contributed by atoms with Crippen molar-refractivity contribution in [3.63, 3.8) is 0 Å². The predicted molar refractivity (Wildman–Crippen MR) is 93.9 cm³/mol. The molecule has 1 aliphatic rings. The zero-order valence-electron chi connectivity index (χ0n) is 15.9. The summed E-state index contributed by atoms with van der Waals surface area (Å²) in [5.74, 6) is -0.436. The maximum atomic E-state index is 13.1. The van der Waals surface area contributed by atoms with Gasteiger partial charge in [-0.1, -0.05) is 0 Å². The van der Waals surface area contributed by atoms with Gasteiger partial charge in [0.25, 0.3) is 5.91 Å². The predicted octanol–water partition coefficient (Wildman–Crippen LogP) is 4.03. The van der Waals surface area contributed by atoms with Crippen LogP contribution in [0.25, 0.3) is 0 Å². The summed E-state index contributed by atoms with van der Waals surface area (Å²) in [5.41, 5.74) is -2.56. The Labute approximate surface area is 168 Å². The number of halogens is 6. The van der Waals surface area contributed by atoms with Crippen molar-refractivity contribution in [2.24, 2.45) is 0 Å². The quantitative estimate of drug-likeness (QED) is 0.570. The second-order valence-corrected chi connectivity index (χ2v) is 7.02. The number of amides is 1. The van der Waals surface area contributed by atoms with Gasteiger partial charge in [0, 0.05) is 38.7 Å². The first-order valence-electron chi connectivity index (χ1n) is 9.11. The molecule has 1 amide bonds. The van der Waals surface area contributed by atoms with Crippen molar-refractivity contribution in [1.82, 2.24) is 14.9 Å². The van der Waals surface area contributed by atoms with Crippen molar-refractivity contribution < 1.29 is 35.9 Å². The van der Waals surface area contributed by atoms with Crippen LogP contribution in [0.1, 0.15) is 45.3 Å². The maximum Gasteiger partial charge on any atom is 0.416 e. The summed E-state index contributed by atoms with van der Waals surface area (Å²) >= 11 is 0. The molecule has 0 bridgehead atoms. The van der Waals surface area contributed by atoms with Gasteiger partial charge >= 0.3 is 12.4 Å². The van der Waals surface area contributed by atoms with Crippen LogP contribution in [0.5, 0.6) is 0 Å². The normalized spacial score (nSPS) is 17.0. The minimum Gasteiger partial charge on any atom is -0.383 e. The molecule has 5 nitrogen and oxygen atoms in total. The molecule has 164 valence electrons. The first-order valence-corrected chi connectivity index (χ1v) is 9.11. The Morgan fingerprint density at radius 3 is 2.37 bits per heavy atom. The lowest BCUT2D eigenvalue weighted by Gasteiger charge is -2.25. The lowest BCUT2D eigenvalue weighted by molar-refractivity contribution is -0.143. The summed E-state index contributed by atoms with van der Waals surface area (Å²) in [6.45, 7) is 0.732. The standard InChI is InChI=1S/C19H19F6N3O2/c1-30-5-4-26-17(29)15-10-28-9-11(2-3-16(28)27-15)12-6-13(18(20,21)22)8-14(7-12)19(23,24)25/h6-8,10-11H,2-5,9H2,1H3,(H,26,29)/t11-/m1/s1. The number of fused-ring (bicyclic) bond motifs is 1. The first-order chi connectivity index (χ1) is 14.0. The van der Waals surface area contributed by atoms with E-state index in [4.69, 9.17) is 4.74 Å². The second-order valence-electron chi connectivity index (χ2n) is 7.02. The fraction of sp³-hybridized carbons (Fsp3) is 0.474. The molecule has 1 aliphatic heterocycles. The lowest BCUT2D eigenvalue weighted by atomic mass is 9.89. The number of nitrogens with zero attached hydrogens (tertiary/aromatic N) is 2. The van der Waals surface area contributed by atoms with Crippen molar-refractivity contribution in [3.05, 3.63) is 52.6 Å². The number of methoxy groups -OCH3 is 1. The number of carbonyl (C=O) groups is 1. The number of hydrogen-bond acceptors (Lipinski definition) is 3. The van der Waals surface area contributed by atoms with E-state index in [1.165, 1.54) is 13.3 Å². The molecule has 1 atom stereocenters. The minimum absolute atomic E-state index is 0.0393. The molecule has 1 aromatic heterocycles. The second kappa shape index (κ2) is 8.29. The summed E-state index contributed by atoms with van der Waals surface area (Å²) < 4.78 is 85.2. The Bertz CT molecular complexity index is 888. The number of rotatable bonds is 5. The van der Waals surface area contributed by atoms with E-state index in [1.54, 1.807) is 4.57 Å². The molecule has 11 heteroatoms. The highest BCUT2D eigenvalue weighted by atomic mass is 19.4. The van der Waals surface area contributed by atoms with Crippen LogP contribution in [0.4, 0.5) is 26.3 Å². The molecule has 1 aromatic carbocycles. The highest BCUT2D eigenvalue weighted by molar-refractivity contribution is 5.92. The molecule has 0 aliphatic carbocycles. The van der Waals surface area contributed by atoms with Crippen LogP contribution in [0, 0.1) is 0 Å². The number of alkyl halides is 6. The number of benzene rings is 1. The van der Waals surface area contributed by atoms with Crippen LogP contribution in [0.2, 0.25) is 0 Å². The van der Waals surface area contributed by atoms with Gasteiger partial charge in [-0.15, -0.1) is 0 Å². The highest BCUT2D eigenvalue weighted by Gasteiger charge is 2.38. The zero-order valence-corrected chi connectivity index (χ0v) is 15.9. The van der Waals surface area contributed by atoms with E-state index >= 15 is 0 Å². The van der Waals surface area contributed by atoms with Gasteiger partial charge in [-0.05, 0) is 30.2 Å². The van der Waals surface area contributed by atoms with E-state index in [0.717, 1.165) is 12.1 Å². The molecule has 2 aromatic rings. The Balaban J connectivity index is 1.85. The third kappa shape index (κ3) is 4.94. The molecule has 1 N–H and O–H groups in total. The monoisotopic (exact) mass is 435 g/mol. The molecule has 0 spiro atoms. The number of ether oxygens (including phenoxy) is 1. The van der Waals surface area contributed by atoms with E-state index in [0.29, 0.717) is 25.3 Å². The summed E-state index contributed by atoms with van der Waals surface area (Å²) in [7, 11) is 1.49. The molecule has 0 saturated carbocycles. The van der Waals surface area contributed by atoms with Gasteiger partial charge in [-0.2, -0.15) is 26.3 Å². The van der Waals surface area contributed by atoms with Crippen molar-refractivity contribution >= 4 is 5.91 Å². The van der Waals surface area contributed by atoms with E-state index in [9.17, 15) is 31.1 Å². The smallest absolute Gasteiger partial charge is 0.383 e. The number of nitrogens with one attached hydrogen (secondary N) is 1. The molecular formula is C19H19F6N3O2. The SMILES string of the molecule is COCCNC(=O)c1cn2c(n1)CC[C@@H](c1cc(C(F)(F)F)cc(C(F)(F)F)c1)C2. The van der Waals surface area contributed by atoms with E-state index in [1.807, 2.05) is 0 Å². The number of carbonyl (C=O) groups excluding carboxylic acids is 1. The Kier molecular flexibility index (Phi) is 6.11. The van der Waals surface area contributed by atoms with Gasteiger partial charge in [0.05, 0.1) is 17.7 Å². The molecule has 2 heterocycles. The molecule has 3 rings (SSSR count). The van der Waals surface area contributed by atoms with Crippen LogP contribution in [-0.2, 0) is 30.1 Å². The average Bonchev–Trinajstić information content (AvgIpc) is 3.10. The molecular weight excluding hydrogens is 416 g/mol. The van der Waals surface area contributed by atoms with Gasteiger partial charge in [0.1, 0.15) is 11.5 Å². The fourth-order valence-electron chi connectivity index (χ4n) is 3.40. The van der Waals surface area contributed by atoms with Crippen molar-refractivity contribution in [1.29, 1.82) is 0 Å². The van der Waals surface area contributed by atoms with Crippen molar-refractivity contribution in [2.45, 2.75) is 37.7 Å². The summed E-state index contributed by atoms with van der Waals surface area (Å²) in [5, 5.41) is 2.61. The summed E-state index contributed by atoms with van der Waals surface area (Å²) in [4.78, 5) is 16.3. The maximum absolute atomic E-state index is 13.1. The number of imidazole rings is 1. The van der Waals surface area contributed by atoms with E-state index < -0.39 is 35.3 Å². The summed E-state index contributed by atoms with van der Waals surface area (Å²) in [6, 6.07) is 1.65. The fourth-order valence-corrected chi connectivity index (χ4v) is 3.40. The van der Waals surface area contributed by atoms with Crippen LogP contribution in [0.15, 0.2) is 24.4 Å². The van der Waals surface area contributed by atoms with Gasteiger partial charge in [0.2, 0.25) is 0 Å². The van der Waals surface area contributed by atoms with Crippen molar-refractivity contribution in [3.8, 4) is 0 Å². The highest BCUT2D eigenvalue weighted by Crippen LogP contribution is 2.39.